The molecule has 20 heavy (non-hydrogen) atoms. The third-order valence-electron chi connectivity index (χ3n) is 2.67. The van der Waals surface area contributed by atoms with E-state index in [2.05, 4.69) is 10.3 Å². The number of nitrogens with zero attached hydrogens (tertiary/aromatic N) is 2. The Morgan fingerprint density at radius 1 is 1.60 bits per heavy atom. The van der Waals surface area contributed by atoms with Crippen molar-refractivity contribution < 1.29 is 9.72 Å². The Labute approximate surface area is 123 Å². The fraction of sp³-hybridized carbons (Fsp3) is 0.167. The van der Waals surface area contributed by atoms with Crippen LogP contribution in [0.4, 0.5) is 5.69 Å². The van der Waals surface area contributed by atoms with Crippen molar-refractivity contribution >= 4 is 34.5 Å². The minimum absolute atomic E-state index is 0.0352. The highest BCUT2D eigenvalue weighted by Gasteiger charge is 2.21. The second-order valence-corrected chi connectivity index (χ2v) is 5.38. The Morgan fingerprint density at radius 3 is 2.95 bits per heavy atom. The molecule has 0 spiro atoms. The van der Waals surface area contributed by atoms with Crippen LogP contribution in [-0.2, 0) is 6.54 Å². The van der Waals surface area contributed by atoms with E-state index in [9.17, 15) is 14.9 Å². The number of aromatic nitrogens is 1. The first-order valence-corrected chi connectivity index (χ1v) is 6.86. The predicted molar refractivity (Wildman–Crippen MR) is 76.1 cm³/mol. The van der Waals surface area contributed by atoms with E-state index >= 15 is 0 Å². The van der Waals surface area contributed by atoms with Crippen molar-refractivity contribution in [1.29, 1.82) is 0 Å². The number of carbonyl (C=O) groups excluding carboxylic acids is 1. The predicted octanol–water partition coefficient (Wildman–Crippen LogP) is 2.94. The van der Waals surface area contributed by atoms with E-state index < -0.39 is 10.8 Å². The molecule has 0 saturated carbocycles. The van der Waals surface area contributed by atoms with Gasteiger partial charge in [-0.2, -0.15) is 0 Å². The minimum atomic E-state index is -0.658. The molecule has 0 aliphatic heterocycles. The second-order valence-electron chi connectivity index (χ2n) is 3.99. The van der Waals surface area contributed by atoms with E-state index in [1.165, 1.54) is 17.4 Å². The van der Waals surface area contributed by atoms with E-state index in [-0.39, 0.29) is 16.4 Å². The smallest absolute Gasteiger partial charge is 0.300 e. The van der Waals surface area contributed by atoms with Crippen LogP contribution in [-0.4, -0.2) is 15.8 Å². The lowest BCUT2D eigenvalue weighted by Crippen LogP contribution is -2.23. The lowest BCUT2D eigenvalue weighted by Gasteiger charge is -2.05. The van der Waals surface area contributed by atoms with E-state index in [1.807, 2.05) is 18.4 Å². The molecular weight excluding hydrogens is 302 g/mol. The average molecular weight is 312 g/mol. The highest BCUT2D eigenvalue weighted by atomic mass is 35.5. The minimum Gasteiger partial charge on any atom is -0.347 e. The average Bonchev–Trinajstić information content (AvgIpc) is 2.81. The molecule has 2 aromatic rings. The molecular formula is C12H10ClN3O3S. The fourth-order valence-corrected chi connectivity index (χ4v) is 2.59. The molecule has 0 aliphatic rings. The summed E-state index contributed by atoms with van der Waals surface area (Å²) >= 11 is 7.19. The molecule has 0 atom stereocenters. The van der Waals surface area contributed by atoms with Crippen LogP contribution >= 0.6 is 22.9 Å². The molecule has 2 heterocycles. The van der Waals surface area contributed by atoms with Gasteiger partial charge in [-0.05, 0) is 30.0 Å². The van der Waals surface area contributed by atoms with E-state index in [4.69, 9.17) is 11.6 Å². The molecule has 2 aromatic heterocycles. The summed E-state index contributed by atoms with van der Waals surface area (Å²) in [5.41, 5.74) is 0.608. The summed E-state index contributed by atoms with van der Waals surface area (Å²) in [7, 11) is 0. The molecule has 2 rings (SSSR count). The van der Waals surface area contributed by atoms with Gasteiger partial charge in [0.05, 0.1) is 11.5 Å². The van der Waals surface area contributed by atoms with Gasteiger partial charge in [0.1, 0.15) is 16.9 Å². The van der Waals surface area contributed by atoms with Crippen LogP contribution < -0.4 is 5.32 Å². The molecule has 0 fully saturated rings. The van der Waals surface area contributed by atoms with Crippen molar-refractivity contribution in [2.24, 2.45) is 0 Å². The Hall–Kier alpha value is -1.99. The first kappa shape index (κ1) is 14.4. The number of nitrogens with one attached hydrogen (secondary N) is 1. The topological polar surface area (TPSA) is 85.1 Å². The SMILES string of the molecule is Cc1ccsc1CNC(=O)c1cc(Cl)ncc1[N+](=O)[O-]. The lowest BCUT2D eigenvalue weighted by atomic mass is 10.2. The van der Waals surface area contributed by atoms with Gasteiger partial charge in [0.2, 0.25) is 0 Å². The van der Waals surface area contributed by atoms with Crippen LogP contribution in [0, 0.1) is 17.0 Å². The van der Waals surface area contributed by atoms with Crippen LogP contribution in [0.1, 0.15) is 20.8 Å². The van der Waals surface area contributed by atoms with Crippen molar-refractivity contribution in [3.8, 4) is 0 Å². The molecule has 0 saturated heterocycles. The number of amides is 1. The first-order valence-electron chi connectivity index (χ1n) is 5.60. The van der Waals surface area contributed by atoms with Crippen LogP contribution in [0.3, 0.4) is 0 Å². The normalized spacial score (nSPS) is 10.3. The molecule has 0 radical (unpaired) electrons. The van der Waals surface area contributed by atoms with Crippen LogP contribution in [0.25, 0.3) is 0 Å². The van der Waals surface area contributed by atoms with Gasteiger partial charge in [-0.3, -0.25) is 14.9 Å². The van der Waals surface area contributed by atoms with Crippen LogP contribution in [0.5, 0.6) is 0 Å². The van der Waals surface area contributed by atoms with Gasteiger partial charge < -0.3 is 5.32 Å². The zero-order valence-electron chi connectivity index (χ0n) is 10.4. The zero-order valence-corrected chi connectivity index (χ0v) is 12.0. The maximum absolute atomic E-state index is 12.0. The standard InChI is InChI=1S/C12H10ClN3O3S/c1-7-2-3-20-10(7)6-15-12(17)8-4-11(13)14-5-9(8)16(18)19/h2-5H,6H2,1H3,(H,15,17). The van der Waals surface area contributed by atoms with E-state index in [0.29, 0.717) is 6.54 Å². The number of carbonyl (C=O) groups is 1. The number of nitro groups is 1. The molecule has 0 aromatic carbocycles. The zero-order chi connectivity index (χ0) is 14.7. The van der Waals surface area contributed by atoms with Gasteiger partial charge in [-0.1, -0.05) is 11.6 Å². The van der Waals surface area contributed by atoms with Gasteiger partial charge in [-0.25, -0.2) is 4.98 Å². The van der Waals surface area contributed by atoms with Gasteiger partial charge >= 0.3 is 0 Å². The maximum atomic E-state index is 12.0. The molecule has 0 bridgehead atoms. The Morgan fingerprint density at radius 2 is 2.35 bits per heavy atom. The lowest BCUT2D eigenvalue weighted by molar-refractivity contribution is -0.385. The van der Waals surface area contributed by atoms with E-state index in [0.717, 1.165) is 16.6 Å². The number of hydrogen-bond acceptors (Lipinski definition) is 5. The fourth-order valence-electron chi connectivity index (χ4n) is 1.59. The third-order valence-corrected chi connectivity index (χ3v) is 3.90. The number of thiophene rings is 1. The summed E-state index contributed by atoms with van der Waals surface area (Å²) in [5.74, 6) is -0.547. The van der Waals surface area contributed by atoms with Crippen molar-refractivity contribution in [2.75, 3.05) is 0 Å². The Balaban J connectivity index is 2.19. The molecule has 0 unspecified atom stereocenters. The first-order chi connectivity index (χ1) is 9.49. The van der Waals surface area contributed by atoms with Crippen LogP contribution in [0.15, 0.2) is 23.7 Å². The molecule has 6 nitrogen and oxygen atoms in total. The van der Waals surface area contributed by atoms with Crippen molar-refractivity contribution in [3.63, 3.8) is 0 Å². The van der Waals surface area contributed by atoms with Gasteiger partial charge in [-0.15, -0.1) is 11.3 Å². The van der Waals surface area contributed by atoms with E-state index in [1.54, 1.807) is 0 Å². The summed E-state index contributed by atoms with van der Waals surface area (Å²) in [5, 5.41) is 15.5. The third kappa shape index (κ3) is 3.12. The molecule has 1 N–H and O–H groups in total. The highest BCUT2D eigenvalue weighted by Crippen LogP contribution is 2.21. The van der Waals surface area contributed by atoms with Gasteiger partial charge in [0.25, 0.3) is 11.6 Å². The number of pyridine rings is 1. The molecule has 8 heteroatoms. The largest absolute Gasteiger partial charge is 0.347 e. The molecule has 0 aliphatic carbocycles. The van der Waals surface area contributed by atoms with Crippen molar-refractivity contribution in [2.45, 2.75) is 13.5 Å². The summed E-state index contributed by atoms with van der Waals surface area (Å²) < 4.78 is 0. The number of rotatable bonds is 4. The van der Waals surface area contributed by atoms with Crippen molar-refractivity contribution in [1.82, 2.24) is 10.3 Å². The van der Waals surface area contributed by atoms with Gasteiger partial charge in [0.15, 0.2) is 0 Å². The highest BCUT2D eigenvalue weighted by molar-refractivity contribution is 7.10. The number of aryl methyl sites for hydroxylation is 1. The summed E-state index contributed by atoms with van der Waals surface area (Å²) in [4.78, 5) is 26.9. The quantitative estimate of drug-likeness (QED) is 0.534. The summed E-state index contributed by atoms with van der Waals surface area (Å²) in [6.07, 6.45) is 0.980. The number of hydrogen-bond donors (Lipinski definition) is 1. The van der Waals surface area contributed by atoms with Gasteiger partial charge in [0, 0.05) is 4.88 Å². The monoisotopic (exact) mass is 311 g/mol. The Kier molecular flexibility index (Phi) is 4.31. The summed E-state index contributed by atoms with van der Waals surface area (Å²) in [6, 6.07) is 3.13. The second kappa shape index (κ2) is 5.98. The molecule has 104 valence electrons. The van der Waals surface area contributed by atoms with Crippen LogP contribution in [0.2, 0.25) is 5.15 Å². The number of halogens is 1. The Bertz CT molecular complexity index is 672. The molecule has 1 amide bonds. The maximum Gasteiger partial charge on any atom is 0.300 e. The van der Waals surface area contributed by atoms with Crippen molar-refractivity contribution in [3.05, 3.63) is 55.0 Å². The summed E-state index contributed by atoms with van der Waals surface area (Å²) in [6.45, 7) is 2.25.